The zero-order valence-electron chi connectivity index (χ0n) is 21.6. The first kappa shape index (κ1) is 27.3. The number of rotatable bonds is 11. The van der Waals surface area contributed by atoms with Crippen LogP contribution in [0.5, 0.6) is 5.75 Å². The molecule has 7 heteroatoms. The van der Waals surface area contributed by atoms with Gasteiger partial charge < -0.3 is 10.1 Å². The van der Waals surface area contributed by atoms with E-state index in [4.69, 9.17) is 4.74 Å². The topological polar surface area (TPSA) is 75.7 Å². The van der Waals surface area contributed by atoms with Crippen LogP contribution in [0.2, 0.25) is 0 Å². The number of ether oxygens (including phenoxy) is 1. The maximum Gasteiger partial charge on any atom is 0.264 e. The van der Waals surface area contributed by atoms with Gasteiger partial charge in [0.1, 0.15) is 12.3 Å². The van der Waals surface area contributed by atoms with Gasteiger partial charge in [-0.05, 0) is 65.8 Å². The maximum absolute atomic E-state index is 13.6. The summed E-state index contributed by atoms with van der Waals surface area (Å²) in [6, 6.07) is 22.9. The summed E-state index contributed by atoms with van der Waals surface area (Å²) >= 11 is 0. The molecule has 0 fully saturated rings. The molecule has 0 saturated heterocycles. The van der Waals surface area contributed by atoms with Crippen molar-refractivity contribution >= 4 is 21.6 Å². The molecule has 0 spiro atoms. The molecule has 1 N–H and O–H groups in total. The van der Waals surface area contributed by atoms with Gasteiger partial charge in [-0.2, -0.15) is 0 Å². The molecule has 0 aliphatic carbocycles. The molecule has 0 aliphatic rings. The lowest BCUT2D eigenvalue weighted by atomic mass is 9.97. The Morgan fingerprint density at radius 3 is 1.97 bits per heavy atom. The molecule has 1 atom stereocenters. The second kappa shape index (κ2) is 12.1. The number of benzene rings is 3. The van der Waals surface area contributed by atoms with Crippen molar-refractivity contribution in [2.24, 2.45) is 5.92 Å². The van der Waals surface area contributed by atoms with E-state index in [0.29, 0.717) is 23.9 Å². The lowest BCUT2D eigenvalue weighted by molar-refractivity contribution is -0.120. The predicted octanol–water partition coefficient (Wildman–Crippen LogP) is 5.92. The van der Waals surface area contributed by atoms with E-state index in [9.17, 15) is 13.2 Å². The predicted molar refractivity (Wildman–Crippen MR) is 145 cm³/mol. The molecule has 0 aliphatic heterocycles. The van der Waals surface area contributed by atoms with Gasteiger partial charge in [-0.25, -0.2) is 8.42 Å². The Balaban J connectivity index is 1.91. The molecule has 3 aromatic rings. The zero-order chi connectivity index (χ0) is 26.3. The summed E-state index contributed by atoms with van der Waals surface area (Å²) in [7, 11) is -2.35. The SMILES string of the molecule is COc1ccc([C@H](CC(C)C)NC(=O)CN(c2ccc(C(C)C)cc2)S(=O)(=O)c2ccccc2)cc1. The highest BCUT2D eigenvalue weighted by molar-refractivity contribution is 7.92. The number of amides is 1. The Kier molecular flexibility index (Phi) is 9.15. The molecule has 36 heavy (non-hydrogen) atoms. The van der Waals surface area contributed by atoms with Crippen molar-refractivity contribution in [1.29, 1.82) is 0 Å². The molecule has 0 saturated carbocycles. The highest BCUT2D eigenvalue weighted by Gasteiger charge is 2.28. The molecule has 0 bridgehead atoms. The molecule has 0 heterocycles. The summed E-state index contributed by atoms with van der Waals surface area (Å²) in [6.45, 7) is 8.00. The number of carbonyl (C=O) groups excluding carboxylic acids is 1. The molecule has 0 radical (unpaired) electrons. The van der Waals surface area contributed by atoms with Gasteiger partial charge in [-0.15, -0.1) is 0 Å². The van der Waals surface area contributed by atoms with Gasteiger partial charge in [0, 0.05) is 0 Å². The maximum atomic E-state index is 13.6. The van der Waals surface area contributed by atoms with E-state index in [1.54, 1.807) is 49.6 Å². The summed E-state index contributed by atoms with van der Waals surface area (Å²) in [5.74, 6) is 0.996. The molecular weight excluding hydrogens is 472 g/mol. The van der Waals surface area contributed by atoms with E-state index >= 15 is 0 Å². The van der Waals surface area contributed by atoms with E-state index in [-0.39, 0.29) is 23.4 Å². The van der Waals surface area contributed by atoms with Crippen LogP contribution in [-0.2, 0) is 14.8 Å². The van der Waals surface area contributed by atoms with Gasteiger partial charge in [0.05, 0.1) is 23.7 Å². The summed E-state index contributed by atoms with van der Waals surface area (Å²) in [5, 5.41) is 3.07. The third-order valence-corrected chi connectivity index (χ3v) is 7.81. The Bertz CT molecular complexity index is 1220. The molecule has 1 amide bonds. The van der Waals surface area contributed by atoms with Gasteiger partial charge in [0.2, 0.25) is 5.91 Å². The van der Waals surface area contributed by atoms with Crippen LogP contribution in [0.4, 0.5) is 5.69 Å². The molecule has 6 nitrogen and oxygen atoms in total. The van der Waals surface area contributed by atoms with Crippen LogP contribution in [0.15, 0.2) is 83.8 Å². The number of methoxy groups -OCH3 is 1. The van der Waals surface area contributed by atoms with E-state index < -0.39 is 10.0 Å². The van der Waals surface area contributed by atoms with Gasteiger partial charge in [-0.3, -0.25) is 9.10 Å². The lowest BCUT2D eigenvalue weighted by Crippen LogP contribution is -2.42. The molecule has 3 aromatic carbocycles. The number of hydrogen-bond donors (Lipinski definition) is 1. The minimum Gasteiger partial charge on any atom is -0.497 e. The van der Waals surface area contributed by atoms with Crippen LogP contribution in [0.1, 0.15) is 57.2 Å². The molecule has 3 rings (SSSR count). The Labute approximate surface area is 215 Å². The number of nitrogens with one attached hydrogen (secondary N) is 1. The number of nitrogens with zero attached hydrogens (tertiary/aromatic N) is 1. The highest BCUT2D eigenvalue weighted by Crippen LogP contribution is 2.27. The number of hydrogen-bond acceptors (Lipinski definition) is 4. The van der Waals surface area contributed by atoms with Crippen LogP contribution in [0, 0.1) is 5.92 Å². The van der Waals surface area contributed by atoms with Crippen molar-refractivity contribution < 1.29 is 17.9 Å². The summed E-state index contributed by atoms with van der Waals surface area (Å²) in [6.07, 6.45) is 0.715. The smallest absolute Gasteiger partial charge is 0.264 e. The Morgan fingerprint density at radius 2 is 1.44 bits per heavy atom. The van der Waals surface area contributed by atoms with Crippen LogP contribution in [0.25, 0.3) is 0 Å². The van der Waals surface area contributed by atoms with Crippen LogP contribution in [-0.4, -0.2) is 28.0 Å². The van der Waals surface area contributed by atoms with Crippen LogP contribution in [0.3, 0.4) is 0 Å². The van der Waals surface area contributed by atoms with Crippen molar-refractivity contribution in [3.05, 3.63) is 90.0 Å². The minimum atomic E-state index is -3.96. The second-order valence-corrected chi connectivity index (χ2v) is 11.5. The zero-order valence-corrected chi connectivity index (χ0v) is 22.5. The average molecular weight is 509 g/mol. The number of anilines is 1. The largest absolute Gasteiger partial charge is 0.497 e. The Morgan fingerprint density at radius 1 is 0.861 bits per heavy atom. The summed E-state index contributed by atoms with van der Waals surface area (Å²) in [5.41, 5.74) is 2.48. The van der Waals surface area contributed by atoms with E-state index in [1.165, 1.54) is 4.31 Å². The lowest BCUT2D eigenvalue weighted by Gasteiger charge is -2.27. The normalized spacial score (nSPS) is 12.4. The summed E-state index contributed by atoms with van der Waals surface area (Å²) in [4.78, 5) is 13.5. The van der Waals surface area contributed by atoms with Gasteiger partial charge in [0.15, 0.2) is 0 Å². The van der Waals surface area contributed by atoms with E-state index in [2.05, 4.69) is 33.0 Å². The molecule has 0 unspecified atom stereocenters. The number of carbonyl (C=O) groups is 1. The fourth-order valence-electron chi connectivity index (χ4n) is 4.02. The van der Waals surface area contributed by atoms with E-state index in [1.807, 2.05) is 36.4 Å². The first-order valence-corrected chi connectivity index (χ1v) is 13.7. The second-order valence-electron chi connectivity index (χ2n) is 9.59. The van der Waals surface area contributed by atoms with Gasteiger partial charge in [-0.1, -0.05) is 70.2 Å². The average Bonchev–Trinajstić information content (AvgIpc) is 2.87. The van der Waals surface area contributed by atoms with Crippen molar-refractivity contribution in [1.82, 2.24) is 5.32 Å². The number of sulfonamides is 1. The highest BCUT2D eigenvalue weighted by atomic mass is 32.2. The third kappa shape index (κ3) is 6.88. The van der Waals surface area contributed by atoms with Crippen LogP contribution >= 0.6 is 0 Å². The first-order chi connectivity index (χ1) is 17.1. The van der Waals surface area contributed by atoms with E-state index in [0.717, 1.165) is 16.9 Å². The van der Waals surface area contributed by atoms with Crippen molar-refractivity contribution in [2.75, 3.05) is 18.0 Å². The molecule has 192 valence electrons. The monoisotopic (exact) mass is 508 g/mol. The van der Waals surface area contributed by atoms with Gasteiger partial charge in [0.25, 0.3) is 10.0 Å². The standard InChI is InChI=1S/C29H36N2O4S/c1-21(2)19-28(24-13-17-26(35-5)18-14-24)30-29(32)20-31(25-15-11-23(12-16-25)22(3)4)36(33,34)27-9-7-6-8-10-27/h6-18,21-22,28H,19-20H2,1-5H3,(H,30,32)/t28-/m0/s1. The van der Waals surface area contributed by atoms with Crippen molar-refractivity contribution in [3.8, 4) is 5.75 Å². The quantitative estimate of drug-likeness (QED) is 0.349. The van der Waals surface area contributed by atoms with Crippen LogP contribution < -0.4 is 14.4 Å². The fourth-order valence-corrected chi connectivity index (χ4v) is 5.46. The first-order valence-electron chi connectivity index (χ1n) is 12.2. The summed E-state index contributed by atoms with van der Waals surface area (Å²) < 4.78 is 33.7. The molecule has 0 aromatic heterocycles. The van der Waals surface area contributed by atoms with Gasteiger partial charge >= 0.3 is 0 Å². The molecular formula is C29H36N2O4S. The minimum absolute atomic E-state index is 0.139. The Hall–Kier alpha value is -3.32. The third-order valence-electron chi connectivity index (χ3n) is 6.03. The fraction of sp³-hybridized carbons (Fsp3) is 0.345. The van der Waals surface area contributed by atoms with Crippen molar-refractivity contribution in [3.63, 3.8) is 0 Å². The van der Waals surface area contributed by atoms with Crippen molar-refractivity contribution in [2.45, 2.75) is 51.0 Å².